The first-order valence-corrected chi connectivity index (χ1v) is 6.23. The Bertz CT molecular complexity index is 649. The maximum Gasteiger partial charge on any atom is 0.211 e. The Hall–Kier alpha value is -2.89. The number of ether oxygens (including phenoxy) is 1. The molecule has 0 aliphatic heterocycles. The van der Waals surface area contributed by atoms with Gasteiger partial charge in [0.2, 0.25) is 5.96 Å². The van der Waals surface area contributed by atoms with Crippen LogP contribution >= 0.6 is 0 Å². The maximum absolute atomic E-state index is 13.4. The van der Waals surface area contributed by atoms with Crippen LogP contribution in [-0.4, -0.2) is 12.2 Å². The van der Waals surface area contributed by atoms with Crippen LogP contribution in [0.25, 0.3) is 0 Å². The molecule has 0 bridgehead atoms. The maximum atomic E-state index is 13.4. The third-order valence-electron chi connectivity index (χ3n) is 2.61. The Morgan fingerprint density at radius 2 is 1.81 bits per heavy atom. The van der Waals surface area contributed by atoms with Gasteiger partial charge in [-0.1, -0.05) is 18.2 Å². The lowest BCUT2D eigenvalue weighted by Gasteiger charge is -2.07. The van der Waals surface area contributed by atoms with Gasteiger partial charge in [0.05, 0.1) is 6.21 Å². The van der Waals surface area contributed by atoms with Crippen LogP contribution in [0, 0.1) is 5.82 Å². The Balaban J connectivity index is 1.95. The molecule has 0 unspecified atom stereocenters. The molecule has 0 aromatic heterocycles. The molecule has 108 valence electrons. The molecule has 0 atom stereocenters. The van der Waals surface area contributed by atoms with E-state index in [2.05, 4.69) is 10.2 Å². The minimum absolute atomic E-state index is 0.101. The number of rotatable bonds is 5. The minimum Gasteiger partial charge on any atom is -0.489 e. The first-order chi connectivity index (χ1) is 10.1. The molecule has 0 spiro atoms. The van der Waals surface area contributed by atoms with Crippen LogP contribution in [0.15, 0.2) is 58.7 Å². The molecule has 2 rings (SSSR count). The highest BCUT2D eigenvalue weighted by Gasteiger charge is 2.01. The van der Waals surface area contributed by atoms with Crippen LogP contribution in [-0.2, 0) is 6.61 Å². The lowest BCUT2D eigenvalue weighted by Crippen LogP contribution is -2.21. The van der Waals surface area contributed by atoms with Crippen LogP contribution in [0.1, 0.15) is 11.1 Å². The van der Waals surface area contributed by atoms with Crippen molar-refractivity contribution in [1.82, 2.24) is 0 Å². The smallest absolute Gasteiger partial charge is 0.211 e. The van der Waals surface area contributed by atoms with Crippen molar-refractivity contribution < 1.29 is 9.13 Å². The Morgan fingerprint density at radius 3 is 2.48 bits per heavy atom. The van der Waals surface area contributed by atoms with Crippen LogP contribution in [0.3, 0.4) is 0 Å². The standard InChI is InChI=1S/C15H15FN4O/c16-14-4-2-1-3-12(14)10-21-13-7-5-11(6-8-13)9-19-20-15(17)18/h1-9H,10H2,(H4,17,18,20)/b19-9+. The fourth-order valence-corrected chi connectivity index (χ4v) is 1.59. The van der Waals surface area contributed by atoms with Gasteiger partial charge in [0, 0.05) is 5.56 Å². The van der Waals surface area contributed by atoms with Gasteiger partial charge in [0.15, 0.2) is 0 Å². The van der Waals surface area contributed by atoms with Crippen molar-refractivity contribution in [3.05, 3.63) is 65.5 Å². The third-order valence-corrected chi connectivity index (χ3v) is 2.61. The van der Waals surface area contributed by atoms with Crippen molar-refractivity contribution in [1.29, 1.82) is 0 Å². The summed E-state index contributed by atoms with van der Waals surface area (Å²) in [4.78, 5) is 0. The Labute approximate surface area is 121 Å². The fourth-order valence-electron chi connectivity index (χ4n) is 1.59. The highest BCUT2D eigenvalue weighted by Crippen LogP contribution is 2.15. The first-order valence-electron chi connectivity index (χ1n) is 6.23. The highest BCUT2D eigenvalue weighted by atomic mass is 19.1. The summed E-state index contributed by atoms with van der Waals surface area (Å²) in [7, 11) is 0. The number of guanidine groups is 1. The van der Waals surface area contributed by atoms with Crippen molar-refractivity contribution in [3.63, 3.8) is 0 Å². The molecule has 0 aliphatic rings. The second-order valence-corrected chi connectivity index (χ2v) is 4.22. The number of nitrogens with zero attached hydrogens (tertiary/aromatic N) is 2. The highest BCUT2D eigenvalue weighted by molar-refractivity contribution is 5.81. The zero-order valence-electron chi connectivity index (χ0n) is 11.2. The van der Waals surface area contributed by atoms with E-state index in [-0.39, 0.29) is 18.4 Å². The SMILES string of the molecule is NC(N)=N/N=C/c1ccc(OCc2ccccc2F)cc1. The predicted octanol–water partition coefficient (Wildman–Crippen LogP) is 2.01. The van der Waals surface area contributed by atoms with E-state index in [1.165, 1.54) is 12.3 Å². The molecule has 0 aliphatic carbocycles. The second-order valence-electron chi connectivity index (χ2n) is 4.22. The molecular formula is C15H15FN4O. The third kappa shape index (κ3) is 4.61. The van der Waals surface area contributed by atoms with E-state index in [0.29, 0.717) is 11.3 Å². The molecule has 0 saturated carbocycles. The van der Waals surface area contributed by atoms with Gasteiger partial charge < -0.3 is 16.2 Å². The van der Waals surface area contributed by atoms with Crippen molar-refractivity contribution in [2.75, 3.05) is 0 Å². The molecular weight excluding hydrogens is 271 g/mol. The first kappa shape index (κ1) is 14.5. The lowest BCUT2D eigenvalue weighted by molar-refractivity contribution is 0.300. The van der Waals surface area contributed by atoms with Gasteiger partial charge >= 0.3 is 0 Å². The summed E-state index contributed by atoms with van der Waals surface area (Å²) in [5, 5.41) is 7.20. The Kier molecular flexibility index (Phi) is 4.87. The quantitative estimate of drug-likeness (QED) is 0.501. The summed E-state index contributed by atoms with van der Waals surface area (Å²) in [5.41, 5.74) is 11.6. The molecule has 0 saturated heterocycles. The lowest BCUT2D eigenvalue weighted by atomic mass is 10.2. The normalized spacial score (nSPS) is 10.5. The van der Waals surface area contributed by atoms with Crippen molar-refractivity contribution in [3.8, 4) is 5.75 Å². The molecule has 6 heteroatoms. The van der Waals surface area contributed by atoms with E-state index in [4.69, 9.17) is 16.2 Å². The molecule has 5 nitrogen and oxygen atoms in total. The summed E-state index contributed by atoms with van der Waals surface area (Å²) in [5.74, 6) is 0.256. The molecule has 2 aromatic rings. The number of hydrogen-bond acceptors (Lipinski definition) is 3. The van der Waals surface area contributed by atoms with Crippen LogP contribution in [0.5, 0.6) is 5.75 Å². The summed E-state index contributed by atoms with van der Waals surface area (Å²) in [6, 6.07) is 13.6. The van der Waals surface area contributed by atoms with Gasteiger partial charge in [-0.2, -0.15) is 5.10 Å². The van der Waals surface area contributed by atoms with E-state index in [1.807, 2.05) is 0 Å². The van der Waals surface area contributed by atoms with E-state index < -0.39 is 0 Å². The molecule has 2 aromatic carbocycles. The zero-order valence-corrected chi connectivity index (χ0v) is 11.2. The van der Waals surface area contributed by atoms with Gasteiger partial charge in [-0.15, -0.1) is 5.10 Å². The molecule has 0 radical (unpaired) electrons. The fraction of sp³-hybridized carbons (Fsp3) is 0.0667. The largest absolute Gasteiger partial charge is 0.489 e. The second kappa shape index (κ2) is 7.04. The molecule has 0 amide bonds. The number of halogens is 1. The van der Waals surface area contributed by atoms with E-state index in [0.717, 1.165) is 5.56 Å². The Morgan fingerprint density at radius 1 is 1.10 bits per heavy atom. The van der Waals surface area contributed by atoms with Crippen molar-refractivity contribution in [2.24, 2.45) is 21.7 Å². The molecule has 0 heterocycles. The van der Waals surface area contributed by atoms with Gasteiger partial charge in [0.25, 0.3) is 0 Å². The summed E-state index contributed by atoms with van der Waals surface area (Å²) in [6.45, 7) is 0.175. The summed E-state index contributed by atoms with van der Waals surface area (Å²) < 4.78 is 18.9. The predicted molar refractivity (Wildman–Crippen MR) is 80.6 cm³/mol. The van der Waals surface area contributed by atoms with Crippen LogP contribution in [0.2, 0.25) is 0 Å². The van der Waals surface area contributed by atoms with E-state index in [9.17, 15) is 4.39 Å². The number of hydrogen-bond donors (Lipinski definition) is 2. The van der Waals surface area contributed by atoms with Crippen LogP contribution in [0.4, 0.5) is 4.39 Å². The average Bonchev–Trinajstić information content (AvgIpc) is 2.47. The summed E-state index contributed by atoms with van der Waals surface area (Å²) in [6.07, 6.45) is 1.51. The van der Waals surface area contributed by atoms with Gasteiger partial charge in [-0.25, -0.2) is 4.39 Å². The topological polar surface area (TPSA) is 86.0 Å². The number of nitrogens with two attached hydrogens (primary N) is 2. The van der Waals surface area contributed by atoms with Crippen molar-refractivity contribution in [2.45, 2.75) is 6.61 Å². The minimum atomic E-state index is -0.279. The molecule has 0 fully saturated rings. The van der Waals surface area contributed by atoms with E-state index in [1.54, 1.807) is 42.5 Å². The van der Waals surface area contributed by atoms with Gasteiger partial charge in [0.1, 0.15) is 18.2 Å². The monoisotopic (exact) mass is 286 g/mol. The summed E-state index contributed by atoms with van der Waals surface area (Å²) >= 11 is 0. The van der Waals surface area contributed by atoms with Gasteiger partial charge in [-0.3, -0.25) is 0 Å². The molecule has 4 N–H and O–H groups in total. The van der Waals surface area contributed by atoms with Crippen LogP contribution < -0.4 is 16.2 Å². The van der Waals surface area contributed by atoms with Gasteiger partial charge in [-0.05, 0) is 35.9 Å². The van der Waals surface area contributed by atoms with Crippen molar-refractivity contribution >= 4 is 12.2 Å². The molecule has 21 heavy (non-hydrogen) atoms. The number of benzene rings is 2. The van der Waals surface area contributed by atoms with E-state index >= 15 is 0 Å². The average molecular weight is 286 g/mol. The zero-order chi connectivity index (χ0) is 15.1.